The minimum atomic E-state index is -0.393. The highest BCUT2D eigenvalue weighted by molar-refractivity contribution is 5.82. The highest BCUT2D eigenvalue weighted by Gasteiger charge is 2.26. The highest BCUT2D eigenvalue weighted by atomic mass is 16.2. The molecule has 1 aliphatic rings. The SMILES string of the molecule is CCC[C@@H](N)C(=O)N1CCCC(NC(C)=O)C1. The van der Waals surface area contributed by atoms with Crippen molar-refractivity contribution >= 4 is 11.8 Å². The van der Waals surface area contributed by atoms with Crippen molar-refractivity contribution in [1.29, 1.82) is 0 Å². The predicted octanol–water partition coefficient (Wildman–Crippen LogP) is 0.241. The second-order valence-electron chi connectivity index (χ2n) is 4.72. The Bertz CT molecular complexity index is 281. The number of hydrogen-bond donors (Lipinski definition) is 2. The molecule has 1 rings (SSSR count). The summed E-state index contributed by atoms with van der Waals surface area (Å²) in [5.74, 6) is -0.0240. The smallest absolute Gasteiger partial charge is 0.239 e. The zero-order valence-corrected chi connectivity index (χ0v) is 10.7. The van der Waals surface area contributed by atoms with Gasteiger partial charge in [-0.15, -0.1) is 0 Å². The Hall–Kier alpha value is -1.10. The second-order valence-corrected chi connectivity index (χ2v) is 4.72. The van der Waals surface area contributed by atoms with Crippen LogP contribution in [-0.4, -0.2) is 41.9 Å². The van der Waals surface area contributed by atoms with Crippen LogP contribution in [0.3, 0.4) is 0 Å². The maximum atomic E-state index is 12.0. The molecule has 0 saturated carbocycles. The van der Waals surface area contributed by atoms with E-state index < -0.39 is 6.04 Å². The molecule has 0 aromatic heterocycles. The number of piperidine rings is 1. The molecule has 1 aliphatic heterocycles. The van der Waals surface area contributed by atoms with Crippen LogP contribution in [-0.2, 0) is 9.59 Å². The minimum absolute atomic E-state index is 0.0157. The van der Waals surface area contributed by atoms with Gasteiger partial charge in [0.25, 0.3) is 0 Å². The molecule has 1 unspecified atom stereocenters. The van der Waals surface area contributed by atoms with Gasteiger partial charge in [-0.05, 0) is 19.3 Å². The summed E-state index contributed by atoms with van der Waals surface area (Å²) in [5, 5.41) is 2.86. The lowest BCUT2D eigenvalue weighted by Crippen LogP contribution is -2.53. The molecule has 1 saturated heterocycles. The molecule has 0 aromatic carbocycles. The number of hydrogen-bond acceptors (Lipinski definition) is 3. The van der Waals surface area contributed by atoms with Crippen LogP contribution in [0.5, 0.6) is 0 Å². The van der Waals surface area contributed by atoms with E-state index in [1.807, 2.05) is 6.92 Å². The molecule has 3 N–H and O–H groups in total. The summed E-state index contributed by atoms with van der Waals surface area (Å²) in [6.45, 7) is 4.87. The van der Waals surface area contributed by atoms with Crippen molar-refractivity contribution in [3.8, 4) is 0 Å². The summed E-state index contributed by atoms with van der Waals surface area (Å²) >= 11 is 0. The maximum Gasteiger partial charge on any atom is 0.239 e. The third kappa shape index (κ3) is 4.34. The van der Waals surface area contributed by atoms with Crippen LogP contribution >= 0.6 is 0 Å². The van der Waals surface area contributed by atoms with E-state index in [2.05, 4.69) is 5.32 Å². The number of carbonyl (C=O) groups is 2. The van der Waals surface area contributed by atoms with Crippen molar-refractivity contribution in [2.24, 2.45) is 5.73 Å². The fourth-order valence-corrected chi connectivity index (χ4v) is 2.25. The summed E-state index contributed by atoms with van der Waals surface area (Å²) in [6.07, 6.45) is 3.50. The van der Waals surface area contributed by atoms with E-state index >= 15 is 0 Å². The summed E-state index contributed by atoms with van der Waals surface area (Å²) in [5.41, 5.74) is 5.83. The van der Waals surface area contributed by atoms with E-state index in [9.17, 15) is 9.59 Å². The van der Waals surface area contributed by atoms with Gasteiger partial charge < -0.3 is 16.0 Å². The van der Waals surface area contributed by atoms with Crippen molar-refractivity contribution in [3.63, 3.8) is 0 Å². The highest BCUT2D eigenvalue weighted by Crippen LogP contribution is 2.12. The molecule has 0 bridgehead atoms. The first kappa shape index (κ1) is 14.0. The van der Waals surface area contributed by atoms with Crippen LogP contribution in [0.4, 0.5) is 0 Å². The summed E-state index contributed by atoms with van der Waals surface area (Å²) in [4.78, 5) is 24.8. The van der Waals surface area contributed by atoms with Gasteiger partial charge in [0.1, 0.15) is 0 Å². The predicted molar refractivity (Wildman–Crippen MR) is 66.3 cm³/mol. The average Bonchev–Trinajstić information content (AvgIpc) is 2.28. The largest absolute Gasteiger partial charge is 0.352 e. The monoisotopic (exact) mass is 241 g/mol. The zero-order chi connectivity index (χ0) is 12.8. The van der Waals surface area contributed by atoms with Gasteiger partial charge in [0, 0.05) is 26.1 Å². The molecule has 0 aliphatic carbocycles. The van der Waals surface area contributed by atoms with E-state index in [4.69, 9.17) is 5.73 Å². The van der Waals surface area contributed by atoms with Crippen LogP contribution in [0.25, 0.3) is 0 Å². The fraction of sp³-hybridized carbons (Fsp3) is 0.833. The lowest BCUT2D eigenvalue weighted by atomic mass is 10.0. The third-order valence-electron chi connectivity index (χ3n) is 3.06. The maximum absolute atomic E-state index is 12.0. The quantitative estimate of drug-likeness (QED) is 0.740. The molecule has 17 heavy (non-hydrogen) atoms. The molecular formula is C12H23N3O2. The van der Waals surface area contributed by atoms with Crippen molar-refractivity contribution in [1.82, 2.24) is 10.2 Å². The molecule has 2 amide bonds. The second kappa shape index (κ2) is 6.59. The summed E-state index contributed by atoms with van der Waals surface area (Å²) in [7, 11) is 0. The first-order chi connectivity index (χ1) is 8.04. The van der Waals surface area contributed by atoms with Gasteiger partial charge >= 0.3 is 0 Å². The molecular weight excluding hydrogens is 218 g/mol. The van der Waals surface area contributed by atoms with E-state index in [0.29, 0.717) is 6.54 Å². The zero-order valence-electron chi connectivity index (χ0n) is 10.7. The van der Waals surface area contributed by atoms with Crippen molar-refractivity contribution in [3.05, 3.63) is 0 Å². The van der Waals surface area contributed by atoms with Crippen LogP contribution in [0.15, 0.2) is 0 Å². The lowest BCUT2D eigenvalue weighted by molar-refractivity contribution is -0.134. The average molecular weight is 241 g/mol. The topological polar surface area (TPSA) is 75.4 Å². The first-order valence-corrected chi connectivity index (χ1v) is 6.36. The number of amides is 2. The number of nitrogens with zero attached hydrogens (tertiary/aromatic N) is 1. The summed E-state index contributed by atoms with van der Waals surface area (Å²) in [6, 6.07) is -0.310. The molecule has 5 heteroatoms. The fourth-order valence-electron chi connectivity index (χ4n) is 2.25. The van der Waals surface area contributed by atoms with Crippen LogP contribution in [0.1, 0.15) is 39.5 Å². The van der Waals surface area contributed by atoms with Crippen LogP contribution in [0.2, 0.25) is 0 Å². The molecule has 2 atom stereocenters. The Balaban J connectivity index is 2.48. The lowest BCUT2D eigenvalue weighted by Gasteiger charge is -2.34. The number of rotatable bonds is 4. The molecule has 98 valence electrons. The van der Waals surface area contributed by atoms with Gasteiger partial charge in [0.2, 0.25) is 11.8 Å². The van der Waals surface area contributed by atoms with Crippen molar-refractivity contribution < 1.29 is 9.59 Å². The van der Waals surface area contributed by atoms with Crippen LogP contribution < -0.4 is 11.1 Å². The normalized spacial score (nSPS) is 22.1. The Kier molecular flexibility index (Phi) is 5.41. The van der Waals surface area contributed by atoms with Gasteiger partial charge in [-0.2, -0.15) is 0 Å². The third-order valence-corrected chi connectivity index (χ3v) is 3.06. The van der Waals surface area contributed by atoms with Gasteiger partial charge in [0.15, 0.2) is 0 Å². The standard InChI is InChI=1S/C12H23N3O2/c1-3-5-11(13)12(17)15-7-4-6-10(8-15)14-9(2)16/h10-11H,3-8,13H2,1-2H3,(H,14,16)/t10?,11-/m1/s1. The molecule has 1 fully saturated rings. The molecule has 0 aromatic rings. The van der Waals surface area contributed by atoms with Gasteiger partial charge in [-0.1, -0.05) is 13.3 Å². The van der Waals surface area contributed by atoms with E-state index in [1.54, 1.807) is 4.90 Å². The van der Waals surface area contributed by atoms with E-state index in [1.165, 1.54) is 6.92 Å². The summed E-state index contributed by atoms with van der Waals surface area (Å²) < 4.78 is 0. The van der Waals surface area contributed by atoms with Gasteiger partial charge in [-0.25, -0.2) is 0 Å². The van der Waals surface area contributed by atoms with E-state index in [0.717, 1.165) is 32.2 Å². The number of nitrogens with two attached hydrogens (primary N) is 1. The molecule has 0 spiro atoms. The molecule has 1 heterocycles. The van der Waals surface area contributed by atoms with Crippen molar-refractivity contribution in [2.75, 3.05) is 13.1 Å². The first-order valence-electron chi connectivity index (χ1n) is 6.36. The molecule has 0 radical (unpaired) electrons. The minimum Gasteiger partial charge on any atom is -0.352 e. The molecule has 5 nitrogen and oxygen atoms in total. The van der Waals surface area contributed by atoms with E-state index in [-0.39, 0.29) is 17.9 Å². The Morgan fingerprint density at radius 2 is 2.24 bits per heavy atom. The Morgan fingerprint density at radius 1 is 1.53 bits per heavy atom. The number of nitrogens with one attached hydrogen (secondary N) is 1. The number of carbonyl (C=O) groups excluding carboxylic acids is 2. The Labute approximate surface area is 103 Å². The van der Waals surface area contributed by atoms with Crippen molar-refractivity contribution in [2.45, 2.75) is 51.6 Å². The van der Waals surface area contributed by atoms with Crippen LogP contribution in [0, 0.1) is 0 Å². The van der Waals surface area contributed by atoms with Gasteiger partial charge in [-0.3, -0.25) is 9.59 Å². The number of likely N-dealkylation sites (tertiary alicyclic amines) is 1. The Morgan fingerprint density at radius 3 is 2.82 bits per heavy atom. The van der Waals surface area contributed by atoms with Gasteiger partial charge in [0.05, 0.1) is 6.04 Å².